The number of sulfone groups is 1. The van der Waals surface area contributed by atoms with E-state index in [0.29, 0.717) is 44.6 Å². The van der Waals surface area contributed by atoms with Crippen LogP contribution in [0.1, 0.15) is 17.5 Å². The molecule has 12 heteroatoms. The van der Waals surface area contributed by atoms with Gasteiger partial charge < -0.3 is 19.5 Å². The molecule has 8 nitrogen and oxygen atoms in total. The second-order valence-corrected chi connectivity index (χ2v) is 12.7. The van der Waals surface area contributed by atoms with Crippen LogP contribution in [0.15, 0.2) is 77.7 Å². The van der Waals surface area contributed by atoms with Gasteiger partial charge in [0.1, 0.15) is 46.0 Å². The summed E-state index contributed by atoms with van der Waals surface area (Å²) in [7, 11) is -3.21. The minimum Gasteiger partial charge on any atom is -0.488 e. The van der Waals surface area contributed by atoms with Crippen molar-refractivity contribution in [3.05, 3.63) is 100 Å². The average Bonchev–Trinajstić information content (AvgIpc) is 3.40. The van der Waals surface area contributed by atoms with Crippen molar-refractivity contribution < 1.29 is 31.4 Å². The summed E-state index contributed by atoms with van der Waals surface area (Å²) in [5.41, 5.74) is 0.853. The summed E-state index contributed by atoms with van der Waals surface area (Å²) in [6.45, 7) is 0.120. The second kappa shape index (κ2) is 12.1. The van der Waals surface area contributed by atoms with Crippen molar-refractivity contribution in [1.29, 1.82) is 0 Å². The molecule has 0 spiro atoms. The first kappa shape index (κ1) is 28.9. The maximum absolute atomic E-state index is 15.4. The van der Waals surface area contributed by atoms with Crippen molar-refractivity contribution in [1.82, 2.24) is 9.97 Å². The molecule has 0 bridgehead atoms. The largest absolute Gasteiger partial charge is 0.488 e. The highest BCUT2D eigenvalue weighted by atomic mass is 79.9. The molecule has 41 heavy (non-hydrogen) atoms. The Labute approximate surface area is 244 Å². The van der Waals surface area contributed by atoms with Crippen LogP contribution in [0.2, 0.25) is 0 Å². The molecule has 1 atom stereocenters. The first-order chi connectivity index (χ1) is 19.6. The lowest BCUT2D eigenvalue weighted by molar-refractivity contribution is -0.0439. The third-order valence-corrected chi connectivity index (χ3v) is 7.99. The Bertz CT molecular complexity index is 1710. The number of anilines is 2. The standard InChI is InChI=1S/C29H26BrF2N3O5S/c1-41(36,37)11-10-38-17-29(8-3-9-40-29)23-14-22-26(15-25(23)32)33-18-34-28(22)35-21-6-7-27(24(30)13-21)39-16-19-4-2-5-20(31)12-19/h2-7,9,12-15,18H,8,10-11,16-17H2,1H3,(H,33,34,35). The Balaban J connectivity index is 1.37. The van der Waals surface area contributed by atoms with E-state index in [-0.39, 0.29) is 37.0 Å². The van der Waals surface area contributed by atoms with Crippen molar-refractivity contribution in [2.45, 2.75) is 18.6 Å². The molecule has 5 rings (SSSR count). The van der Waals surface area contributed by atoms with Crippen molar-refractivity contribution in [2.75, 3.05) is 30.5 Å². The molecule has 1 aliphatic heterocycles. The zero-order chi connectivity index (χ0) is 29.0. The van der Waals surface area contributed by atoms with Gasteiger partial charge in [-0.15, -0.1) is 0 Å². The minimum atomic E-state index is -3.21. The van der Waals surface area contributed by atoms with Crippen LogP contribution < -0.4 is 10.1 Å². The predicted molar refractivity (Wildman–Crippen MR) is 155 cm³/mol. The van der Waals surface area contributed by atoms with Crippen LogP contribution in [-0.4, -0.2) is 43.6 Å². The van der Waals surface area contributed by atoms with Gasteiger partial charge in [-0.1, -0.05) is 12.1 Å². The SMILES string of the molecule is CS(=O)(=O)CCOCC1(c2cc3c(Nc4ccc(OCc5cccc(F)c5)c(Br)c4)ncnc3cc2F)CC=CO1. The number of ether oxygens (including phenoxy) is 3. The summed E-state index contributed by atoms with van der Waals surface area (Å²) in [6, 6.07) is 14.5. The van der Waals surface area contributed by atoms with E-state index in [4.69, 9.17) is 14.2 Å². The van der Waals surface area contributed by atoms with Gasteiger partial charge >= 0.3 is 0 Å². The normalized spacial score (nSPS) is 16.6. The first-order valence-corrected chi connectivity index (χ1v) is 15.4. The van der Waals surface area contributed by atoms with Gasteiger partial charge in [0.2, 0.25) is 0 Å². The molecule has 1 aromatic heterocycles. The first-order valence-electron chi connectivity index (χ1n) is 12.6. The highest BCUT2D eigenvalue weighted by Crippen LogP contribution is 2.39. The Kier molecular flexibility index (Phi) is 8.52. The second-order valence-electron chi connectivity index (χ2n) is 9.63. The number of hydrogen-bond donors (Lipinski definition) is 1. The fraction of sp³-hybridized carbons (Fsp3) is 0.241. The fourth-order valence-corrected chi connectivity index (χ4v) is 5.32. The molecular formula is C29H26BrF2N3O5S. The lowest BCUT2D eigenvalue weighted by Gasteiger charge is -2.29. The molecular weight excluding hydrogens is 620 g/mol. The third-order valence-electron chi connectivity index (χ3n) is 6.46. The molecule has 0 radical (unpaired) electrons. The van der Waals surface area contributed by atoms with E-state index < -0.39 is 21.3 Å². The summed E-state index contributed by atoms with van der Waals surface area (Å²) in [5, 5.41) is 3.81. The third kappa shape index (κ3) is 7.00. The maximum Gasteiger partial charge on any atom is 0.163 e. The Morgan fingerprint density at radius 1 is 1.12 bits per heavy atom. The number of benzene rings is 3. The van der Waals surface area contributed by atoms with Gasteiger partial charge in [-0.05, 0) is 64.0 Å². The summed E-state index contributed by atoms with van der Waals surface area (Å²) < 4.78 is 69.8. The molecule has 4 aromatic rings. The predicted octanol–water partition coefficient (Wildman–Crippen LogP) is 6.18. The van der Waals surface area contributed by atoms with Gasteiger partial charge in [0.05, 0.1) is 35.2 Å². The molecule has 0 fully saturated rings. The molecule has 2 heterocycles. The van der Waals surface area contributed by atoms with E-state index in [1.807, 2.05) is 0 Å². The van der Waals surface area contributed by atoms with Crippen LogP contribution in [0.4, 0.5) is 20.3 Å². The number of hydrogen-bond acceptors (Lipinski definition) is 8. The zero-order valence-electron chi connectivity index (χ0n) is 21.9. The van der Waals surface area contributed by atoms with E-state index in [1.165, 1.54) is 30.8 Å². The van der Waals surface area contributed by atoms with Crippen molar-refractivity contribution in [3.63, 3.8) is 0 Å². The highest BCUT2D eigenvalue weighted by Gasteiger charge is 2.39. The van der Waals surface area contributed by atoms with E-state index in [0.717, 1.165) is 6.26 Å². The Hall–Kier alpha value is -3.61. The molecule has 0 saturated heterocycles. The van der Waals surface area contributed by atoms with Crippen LogP contribution in [0.5, 0.6) is 5.75 Å². The molecule has 1 unspecified atom stereocenters. The van der Waals surface area contributed by atoms with Crippen molar-refractivity contribution >= 4 is 48.2 Å². The molecule has 0 aliphatic carbocycles. The van der Waals surface area contributed by atoms with E-state index >= 15 is 4.39 Å². The molecule has 1 aliphatic rings. The lowest BCUT2D eigenvalue weighted by atomic mass is 9.90. The van der Waals surface area contributed by atoms with Crippen LogP contribution >= 0.6 is 15.9 Å². The summed E-state index contributed by atoms with van der Waals surface area (Å²) in [5.74, 6) is 0.00481. The summed E-state index contributed by atoms with van der Waals surface area (Å²) in [6.07, 6.45) is 6.06. The molecule has 214 valence electrons. The monoisotopic (exact) mass is 645 g/mol. The van der Waals surface area contributed by atoms with Crippen LogP contribution in [-0.2, 0) is 31.5 Å². The molecule has 0 amide bonds. The Morgan fingerprint density at radius 2 is 1.98 bits per heavy atom. The molecule has 0 saturated carbocycles. The van der Waals surface area contributed by atoms with Gasteiger partial charge in [-0.2, -0.15) is 0 Å². The van der Waals surface area contributed by atoms with E-state index in [2.05, 4.69) is 31.2 Å². The lowest BCUT2D eigenvalue weighted by Crippen LogP contribution is -2.33. The van der Waals surface area contributed by atoms with Gasteiger partial charge in [-0.25, -0.2) is 27.2 Å². The minimum absolute atomic E-state index is 0.0358. The maximum atomic E-state index is 15.4. The number of rotatable bonds is 11. The van der Waals surface area contributed by atoms with E-state index in [9.17, 15) is 12.8 Å². The fourth-order valence-electron chi connectivity index (χ4n) is 4.40. The summed E-state index contributed by atoms with van der Waals surface area (Å²) in [4.78, 5) is 8.61. The molecule has 1 N–H and O–H groups in total. The number of nitrogens with zero attached hydrogens (tertiary/aromatic N) is 2. The van der Waals surface area contributed by atoms with Crippen LogP contribution in [0, 0.1) is 11.6 Å². The van der Waals surface area contributed by atoms with Gasteiger partial charge in [0, 0.05) is 35.4 Å². The van der Waals surface area contributed by atoms with E-state index in [1.54, 1.807) is 42.5 Å². The Morgan fingerprint density at radius 3 is 2.71 bits per heavy atom. The zero-order valence-corrected chi connectivity index (χ0v) is 24.3. The highest BCUT2D eigenvalue weighted by molar-refractivity contribution is 9.10. The topological polar surface area (TPSA) is 99.6 Å². The van der Waals surface area contributed by atoms with Crippen molar-refractivity contribution in [3.8, 4) is 5.75 Å². The van der Waals surface area contributed by atoms with Crippen molar-refractivity contribution in [2.24, 2.45) is 0 Å². The number of aromatic nitrogens is 2. The molecule has 3 aromatic carbocycles. The quantitative estimate of drug-likeness (QED) is 0.193. The van der Waals surface area contributed by atoms with Gasteiger partial charge in [0.15, 0.2) is 5.60 Å². The van der Waals surface area contributed by atoms with Crippen LogP contribution in [0.3, 0.4) is 0 Å². The average molecular weight is 647 g/mol. The number of nitrogens with one attached hydrogen (secondary N) is 1. The van der Waals surface area contributed by atoms with Crippen LogP contribution in [0.25, 0.3) is 10.9 Å². The summed E-state index contributed by atoms with van der Waals surface area (Å²) >= 11 is 3.52. The van der Waals surface area contributed by atoms with Gasteiger partial charge in [0.25, 0.3) is 0 Å². The smallest absolute Gasteiger partial charge is 0.163 e. The van der Waals surface area contributed by atoms with Gasteiger partial charge in [-0.3, -0.25) is 0 Å². The number of halogens is 3. The number of fused-ring (bicyclic) bond motifs is 1.